The smallest absolute Gasteiger partial charge is 0.130 e. The Morgan fingerprint density at radius 2 is 1.64 bits per heavy atom. The van der Waals surface area contributed by atoms with E-state index in [2.05, 4.69) is 4.90 Å². The summed E-state index contributed by atoms with van der Waals surface area (Å²) < 4.78 is 26.5. The molecule has 0 aromatic heterocycles. The molecule has 1 aliphatic heterocycles. The minimum Gasteiger partial charge on any atom is -0.299 e. The first kappa shape index (κ1) is 9.59. The first-order valence-corrected chi connectivity index (χ1v) is 4.92. The third-order valence-electron chi connectivity index (χ3n) is 2.64. The van der Waals surface area contributed by atoms with Gasteiger partial charge < -0.3 is 0 Å². The van der Waals surface area contributed by atoms with Crippen LogP contribution in [-0.2, 0) is 6.54 Å². The molecular formula is C11H13F2N. The average Bonchev–Trinajstić information content (AvgIpc) is 2.64. The van der Waals surface area contributed by atoms with Crippen LogP contribution in [0.4, 0.5) is 8.78 Å². The summed E-state index contributed by atoms with van der Waals surface area (Å²) in [6.07, 6.45) is 2.27. The molecule has 1 nitrogen and oxygen atoms in total. The Morgan fingerprint density at radius 1 is 1.07 bits per heavy atom. The van der Waals surface area contributed by atoms with Crippen molar-refractivity contribution in [1.82, 2.24) is 4.90 Å². The summed E-state index contributed by atoms with van der Waals surface area (Å²) in [5.74, 6) is -0.867. The van der Waals surface area contributed by atoms with Crippen LogP contribution < -0.4 is 0 Å². The van der Waals surface area contributed by atoms with Gasteiger partial charge in [-0.25, -0.2) is 8.78 Å². The molecule has 0 saturated carbocycles. The Hall–Kier alpha value is -0.960. The van der Waals surface area contributed by atoms with E-state index in [1.807, 2.05) is 0 Å². The van der Waals surface area contributed by atoms with Crippen LogP contribution in [0, 0.1) is 11.6 Å². The molecule has 1 heterocycles. The summed E-state index contributed by atoms with van der Waals surface area (Å²) >= 11 is 0. The quantitative estimate of drug-likeness (QED) is 0.704. The standard InChI is InChI=1S/C11H13F2N/c12-10-4-3-5-11(13)9(10)8-14-6-1-2-7-14/h3-5H,1-2,6-8H2. The first-order chi connectivity index (χ1) is 6.77. The van der Waals surface area contributed by atoms with Gasteiger partial charge in [0, 0.05) is 12.1 Å². The zero-order valence-corrected chi connectivity index (χ0v) is 7.97. The van der Waals surface area contributed by atoms with E-state index in [0.717, 1.165) is 25.9 Å². The second kappa shape index (κ2) is 4.05. The summed E-state index contributed by atoms with van der Waals surface area (Å²) in [6, 6.07) is 4.03. The SMILES string of the molecule is Fc1cccc(F)c1CN1CCCC1. The van der Waals surface area contributed by atoms with Crippen LogP contribution in [0.15, 0.2) is 18.2 Å². The highest BCUT2D eigenvalue weighted by Crippen LogP contribution is 2.17. The lowest BCUT2D eigenvalue weighted by Gasteiger charge is -2.15. The monoisotopic (exact) mass is 197 g/mol. The maximum absolute atomic E-state index is 13.2. The lowest BCUT2D eigenvalue weighted by Crippen LogP contribution is -2.20. The molecule has 1 saturated heterocycles. The summed E-state index contributed by atoms with van der Waals surface area (Å²) in [7, 11) is 0. The van der Waals surface area contributed by atoms with Gasteiger partial charge in [-0.15, -0.1) is 0 Å². The van der Waals surface area contributed by atoms with Crippen molar-refractivity contribution >= 4 is 0 Å². The van der Waals surface area contributed by atoms with Gasteiger partial charge in [-0.3, -0.25) is 4.90 Å². The van der Waals surface area contributed by atoms with Crippen molar-refractivity contribution in [2.45, 2.75) is 19.4 Å². The van der Waals surface area contributed by atoms with Crippen LogP contribution in [0.3, 0.4) is 0 Å². The topological polar surface area (TPSA) is 3.24 Å². The van der Waals surface area contributed by atoms with Crippen LogP contribution in [-0.4, -0.2) is 18.0 Å². The fourth-order valence-electron chi connectivity index (χ4n) is 1.85. The maximum atomic E-state index is 13.2. The van der Waals surface area contributed by atoms with E-state index < -0.39 is 11.6 Å². The van der Waals surface area contributed by atoms with Crippen LogP contribution in [0.2, 0.25) is 0 Å². The van der Waals surface area contributed by atoms with E-state index in [4.69, 9.17) is 0 Å². The van der Waals surface area contributed by atoms with E-state index in [9.17, 15) is 8.78 Å². The molecule has 1 aliphatic rings. The molecule has 76 valence electrons. The van der Waals surface area contributed by atoms with E-state index in [1.165, 1.54) is 18.2 Å². The van der Waals surface area contributed by atoms with Gasteiger partial charge in [-0.05, 0) is 38.1 Å². The minimum atomic E-state index is -0.433. The van der Waals surface area contributed by atoms with Crippen molar-refractivity contribution in [2.24, 2.45) is 0 Å². The van der Waals surface area contributed by atoms with E-state index in [1.54, 1.807) is 0 Å². The summed E-state index contributed by atoms with van der Waals surface area (Å²) in [5.41, 5.74) is 0.203. The second-order valence-electron chi connectivity index (χ2n) is 3.68. The molecule has 1 aromatic rings. The van der Waals surface area contributed by atoms with Crippen LogP contribution in [0.5, 0.6) is 0 Å². The number of rotatable bonds is 2. The minimum absolute atomic E-state index is 0.203. The summed E-state index contributed by atoms with van der Waals surface area (Å²) in [5, 5.41) is 0. The second-order valence-corrected chi connectivity index (χ2v) is 3.68. The average molecular weight is 197 g/mol. The molecule has 2 rings (SSSR count). The Labute approximate surface area is 82.3 Å². The largest absolute Gasteiger partial charge is 0.299 e. The van der Waals surface area contributed by atoms with Gasteiger partial charge in [0.25, 0.3) is 0 Å². The third kappa shape index (κ3) is 1.93. The zero-order chi connectivity index (χ0) is 9.97. The van der Waals surface area contributed by atoms with Gasteiger partial charge in [0.15, 0.2) is 0 Å². The molecule has 3 heteroatoms. The highest BCUT2D eigenvalue weighted by molar-refractivity contribution is 5.19. The van der Waals surface area contributed by atoms with Crippen molar-refractivity contribution in [2.75, 3.05) is 13.1 Å². The predicted molar refractivity (Wildman–Crippen MR) is 50.9 cm³/mol. The highest BCUT2D eigenvalue weighted by atomic mass is 19.1. The zero-order valence-electron chi connectivity index (χ0n) is 7.97. The van der Waals surface area contributed by atoms with Crippen molar-refractivity contribution < 1.29 is 8.78 Å². The van der Waals surface area contributed by atoms with Gasteiger partial charge >= 0.3 is 0 Å². The molecule has 1 fully saturated rings. The highest BCUT2D eigenvalue weighted by Gasteiger charge is 2.16. The summed E-state index contributed by atoms with van der Waals surface area (Å²) in [6.45, 7) is 2.31. The number of halogens is 2. The fraction of sp³-hybridized carbons (Fsp3) is 0.455. The third-order valence-corrected chi connectivity index (χ3v) is 2.64. The number of hydrogen-bond acceptors (Lipinski definition) is 1. The van der Waals surface area contributed by atoms with Crippen molar-refractivity contribution in [3.05, 3.63) is 35.4 Å². The Kier molecular flexibility index (Phi) is 2.77. The van der Waals surface area contributed by atoms with Gasteiger partial charge in [-0.2, -0.15) is 0 Å². The van der Waals surface area contributed by atoms with Crippen LogP contribution in [0.25, 0.3) is 0 Å². The van der Waals surface area contributed by atoms with E-state index in [-0.39, 0.29) is 5.56 Å². The number of hydrogen-bond donors (Lipinski definition) is 0. The molecular weight excluding hydrogens is 184 g/mol. The van der Waals surface area contributed by atoms with Gasteiger partial charge in [0.05, 0.1) is 0 Å². The Balaban J connectivity index is 2.14. The molecule has 0 amide bonds. The molecule has 0 unspecified atom stereocenters. The van der Waals surface area contributed by atoms with Gasteiger partial charge in [0.1, 0.15) is 11.6 Å². The Morgan fingerprint density at radius 3 is 2.21 bits per heavy atom. The molecule has 0 radical (unpaired) electrons. The lowest BCUT2D eigenvalue weighted by molar-refractivity contribution is 0.318. The van der Waals surface area contributed by atoms with Gasteiger partial charge in [0.2, 0.25) is 0 Å². The molecule has 0 aliphatic carbocycles. The van der Waals surface area contributed by atoms with Crippen LogP contribution >= 0.6 is 0 Å². The lowest BCUT2D eigenvalue weighted by atomic mass is 10.2. The normalized spacial score (nSPS) is 17.6. The molecule has 0 N–H and O–H groups in total. The molecule has 0 spiro atoms. The van der Waals surface area contributed by atoms with Crippen LogP contribution in [0.1, 0.15) is 18.4 Å². The first-order valence-electron chi connectivity index (χ1n) is 4.92. The number of likely N-dealkylation sites (tertiary alicyclic amines) is 1. The van der Waals surface area contributed by atoms with E-state index in [0.29, 0.717) is 6.54 Å². The van der Waals surface area contributed by atoms with Crippen molar-refractivity contribution in [3.8, 4) is 0 Å². The molecule has 0 atom stereocenters. The Bertz CT molecular complexity index is 299. The van der Waals surface area contributed by atoms with E-state index >= 15 is 0 Å². The molecule has 14 heavy (non-hydrogen) atoms. The fourth-order valence-corrected chi connectivity index (χ4v) is 1.85. The molecule has 1 aromatic carbocycles. The maximum Gasteiger partial charge on any atom is 0.130 e. The number of benzene rings is 1. The van der Waals surface area contributed by atoms with Gasteiger partial charge in [-0.1, -0.05) is 6.07 Å². The van der Waals surface area contributed by atoms with Crippen molar-refractivity contribution in [1.29, 1.82) is 0 Å². The summed E-state index contributed by atoms with van der Waals surface area (Å²) in [4.78, 5) is 2.08. The number of nitrogens with zero attached hydrogens (tertiary/aromatic N) is 1. The predicted octanol–water partition coefficient (Wildman–Crippen LogP) is 2.56. The molecule has 0 bridgehead atoms. The van der Waals surface area contributed by atoms with Crippen molar-refractivity contribution in [3.63, 3.8) is 0 Å².